The molecule has 2 aromatic carbocycles. The second-order valence-corrected chi connectivity index (χ2v) is 11.0. The Morgan fingerprint density at radius 3 is 2.32 bits per heavy atom. The third-order valence-electron chi connectivity index (χ3n) is 7.72. The number of unbranched alkanes of at least 4 members (excludes halogenated alkanes) is 1. The van der Waals surface area contributed by atoms with E-state index in [1.165, 1.54) is 19.1 Å². The first-order valence-corrected chi connectivity index (χ1v) is 15.1. The van der Waals surface area contributed by atoms with Crippen molar-refractivity contribution in [1.29, 1.82) is 5.41 Å². The number of methoxy groups -OCH3 is 1. The number of amides is 1. The van der Waals surface area contributed by atoms with Crippen molar-refractivity contribution >= 4 is 12.1 Å². The first kappa shape index (κ1) is 36.4. The Balaban J connectivity index is 0.00000129. The van der Waals surface area contributed by atoms with Crippen molar-refractivity contribution in [1.82, 2.24) is 10.6 Å². The fourth-order valence-electron chi connectivity index (χ4n) is 4.20. The monoisotopic (exact) mass is 571 g/mol. The van der Waals surface area contributed by atoms with E-state index in [4.69, 9.17) is 14.9 Å². The summed E-state index contributed by atoms with van der Waals surface area (Å²) in [5, 5.41) is 13.8. The number of halogens is 1. The smallest absolute Gasteiger partial charge is 0.250 e. The fraction of sp³-hybridized carbons (Fsp3) is 0.588. The number of hydrogen-bond acceptors (Lipinski definition) is 5. The largest absolute Gasteiger partial charge is 0.378 e. The Morgan fingerprint density at radius 2 is 1.78 bits per heavy atom. The Labute approximate surface area is 248 Å². The maximum absolute atomic E-state index is 15.3. The number of ether oxygens (including phenoxy) is 2. The molecule has 0 saturated carbocycles. The normalized spacial score (nSPS) is 17.6. The summed E-state index contributed by atoms with van der Waals surface area (Å²) in [4.78, 5) is 13.1. The minimum Gasteiger partial charge on any atom is -0.378 e. The summed E-state index contributed by atoms with van der Waals surface area (Å²) in [6, 6.07) is 10.8. The standard InChI is InChI=1S/C28H38FN3O3.C4H10.C2H6/c1-6-28(3,4)26(32-27(33)25-16-31-15-23(34-5)17-35-25)13-21-9-7-20(12-24(21)29)19-8-10-22(14-30)18(2)11-19;1-3-4-2;1-2/h7-12,14,23,25-26,30-31H,6,13,15-17H2,1-5H3,(H,32,33);3-4H2,1-2H3;1-2H3. The maximum Gasteiger partial charge on any atom is 0.250 e. The van der Waals surface area contributed by atoms with Crippen LogP contribution in [0.25, 0.3) is 11.1 Å². The summed E-state index contributed by atoms with van der Waals surface area (Å²) in [5.41, 5.74) is 3.83. The van der Waals surface area contributed by atoms with Gasteiger partial charge in [0, 0.05) is 32.5 Å². The highest BCUT2D eigenvalue weighted by molar-refractivity contribution is 5.82. The molecule has 3 unspecified atom stereocenters. The molecule has 0 aliphatic carbocycles. The van der Waals surface area contributed by atoms with E-state index in [9.17, 15) is 4.79 Å². The van der Waals surface area contributed by atoms with Gasteiger partial charge in [0.05, 0.1) is 12.7 Å². The van der Waals surface area contributed by atoms with Gasteiger partial charge in [-0.1, -0.05) is 91.6 Å². The molecule has 1 fully saturated rings. The molecule has 41 heavy (non-hydrogen) atoms. The number of aryl methyl sites for hydroxylation is 1. The van der Waals surface area contributed by atoms with E-state index in [-0.39, 0.29) is 29.3 Å². The van der Waals surface area contributed by atoms with E-state index < -0.39 is 6.10 Å². The molecule has 0 spiro atoms. The molecule has 230 valence electrons. The van der Waals surface area contributed by atoms with Crippen molar-refractivity contribution in [2.75, 3.05) is 26.8 Å². The first-order chi connectivity index (χ1) is 19.6. The molecule has 0 aromatic heterocycles. The lowest BCUT2D eigenvalue weighted by molar-refractivity contribution is -0.135. The van der Waals surface area contributed by atoms with Gasteiger partial charge in [-0.25, -0.2) is 4.39 Å². The maximum atomic E-state index is 15.3. The Bertz CT molecular complexity index is 1070. The van der Waals surface area contributed by atoms with Crippen LogP contribution in [0.4, 0.5) is 4.39 Å². The second-order valence-electron chi connectivity index (χ2n) is 11.0. The zero-order valence-electron chi connectivity index (χ0n) is 26.8. The van der Waals surface area contributed by atoms with Crippen LogP contribution in [-0.2, 0) is 20.7 Å². The van der Waals surface area contributed by atoms with Crippen molar-refractivity contribution < 1.29 is 18.7 Å². The summed E-state index contributed by atoms with van der Waals surface area (Å²) in [7, 11) is 1.63. The molecular weight excluding hydrogens is 517 g/mol. The minimum atomic E-state index is -0.621. The number of carbonyl (C=O) groups excluding carboxylic acids is 1. The number of rotatable bonds is 10. The number of benzene rings is 2. The summed E-state index contributed by atoms with van der Waals surface area (Å²) < 4.78 is 26.4. The van der Waals surface area contributed by atoms with Crippen molar-refractivity contribution in [3.8, 4) is 11.1 Å². The highest BCUT2D eigenvalue weighted by Gasteiger charge is 2.33. The molecule has 3 atom stereocenters. The van der Waals surface area contributed by atoms with Gasteiger partial charge in [-0.05, 0) is 59.1 Å². The van der Waals surface area contributed by atoms with Crippen LogP contribution in [0.15, 0.2) is 36.4 Å². The van der Waals surface area contributed by atoms with Gasteiger partial charge < -0.3 is 25.5 Å². The van der Waals surface area contributed by atoms with Crippen LogP contribution in [-0.4, -0.2) is 57.2 Å². The topological polar surface area (TPSA) is 83.4 Å². The number of nitrogens with one attached hydrogen (secondary N) is 3. The van der Waals surface area contributed by atoms with Gasteiger partial charge in [0.2, 0.25) is 0 Å². The van der Waals surface area contributed by atoms with Crippen LogP contribution < -0.4 is 10.6 Å². The molecule has 2 aromatic rings. The van der Waals surface area contributed by atoms with Crippen LogP contribution in [0.2, 0.25) is 0 Å². The minimum absolute atomic E-state index is 0.0895. The van der Waals surface area contributed by atoms with Crippen LogP contribution in [0.1, 0.15) is 84.4 Å². The molecule has 3 N–H and O–H groups in total. The van der Waals surface area contributed by atoms with E-state index in [1.54, 1.807) is 13.2 Å². The predicted molar refractivity (Wildman–Crippen MR) is 170 cm³/mol. The van der Waals surface area contributed by atoms with E-state index in [1.807, 2.05) is 51.1 Å². The summed E-state index contributed by atoms with van der Waals surface area (Å²) in [6.45, 7) is 17.9. The van der Waals surface area contributed by atoms with Gasteiger partial charge in [-0.3, -0.25) is 4.79 Å². The zero-order chi connectivity index (χ0) is 31.0. The van der Waals surface area contributed by atoms with Crippen molar-refractivity contribution in [2.24, 2.45) is 5.41 Å². The number of hydrogen-bond donors (Lipinski definition) is 3. The van der Waals surface area contributed by atoms with Crippen molar-refractivity contribution in [2.45, 2.75) is 99.3 Å². The molecule has 6 nitrogen and oxygen atoms in total. The third-order valence-corrected chi connectivity index (χ3v) is 7.72. The highest BCUT2D eigenvalue weighted by Crippen LogP contribution is 2.30. The van der Waals surface area contributed by atoms with Gasteiger partial charge in [0.15, 0.2) is 0 Å². The van der Waals surface area contributed by atoms with Crippen LogP contribution >= 0.6 is 0 Å². The number of carbonyl (C=O) groups is 1. The molecule has 1 amide bonds. The predicted octanol–water partition coefficient (Wildman–Crippen LogP) is 7.10. The van der Waals surface area contributed by atoms with Gasteiger partial charge in [-0.2, -0.15) is 0 Å². The third kappa shape index (κ3) is 11.3. The van der Waals surface area contributed by atoms with Crippen LogP contribution in [0.3, 0.4) is 0 Å². The van der Waals surface area contributed by atoms with Gasteiger partial charge >= 0.3 is 0 Å². The molecular formula is C34H54FN3O3. The lowest BCUT2D eigenvalue weighted by atomic mass is 9.78. The molecule has 1 aliphatic heterocycles. The molecule has 1 heterocycles. The molecule has 3 rings (SSSR count). The van der Waals surface area contributed by atoms with Crippen LogP contribution in [0, 0.1) is 23.6 Å². The lowest BCUT2D eigenvalue weighted by Gasteiger charge is -2.35. The van der Waals surface area contributed by atoms with E-state index in [0.29, 0.717) is 31.7 Å². The van der Waals surface area contributed by atoms with E-state index >= 15 is 4.39 Å². The van der Waals surface area contributed by atoms with E-state index in [0.717, 1.165) is 28.7 Å². The molecule has 1 saturated heterocycles. The first-order valence-electron chi connectivity index (χ1n) is 15.1. The zero-order valence-corrected chi connectivity index (χ0v) is 26.8. The van der Waals surface area contributed by atoms with Gasteiger partial charge in [0.25, 0.3) is 5.91 Å². The lowest BCUT2D eigenvalue weighted by Crippen LogP contribution is -2.51. The van der Waals surface area contributed by atoms with Crippen molar-refractivity contribution in [3.05, 3.63) is 58.9 Å². The molecule has 0 bridgehead atoms. The molecule has 0 radical (unpaired) electrons. The summed E-state index contributed by atoms with van der Waals surface area (Å²) in [6.07, 6.45) is 4.45. The average Bonchev–Trinajstić information content (AvgIpc) is 3.24. The second kappa shape index (κ2) is 18.7. The van der Waals surface area contributed by atoms with Gasteiger partial charge in [0.1, 0.15) is 11.9 Å². The Kier molecular flexibility index (Phi) is 16.7. The fourth-order valence-corrected chi connectivity index (χ4v) is 4.20. The average molecular weight is 572 g/mol. The van der Waals surface area contributed by atoms with E-state index in [2.05, 4.69) is 45.3 Å². The SMILES string of the molecule is CC.CCC(C)(C)C(Cc1ccc(-c2ccc(C=N)c(C)c2)cc1F)NC(=O)C1CNCC(OC)CO1.CCCC. The highest BCUT2D eigenvalue weighted by atomic mass is 19.1. The Hall–Kier alpha value is -2.61. The quantitative estimate of drug-likeness (QED) is 0.266. The summed E-state index contributed by atoms with van der Waals surface area (Å²) >= 11 is 0. The molecule has 7 heteroatoms. The van der Waals surface area contributed by atoms with Crippen molar-refractivity contribution in [3.63, 3.8) is 0 Å². The van der Waals surface area contributed by atoms with Crippen LogP contribution in [0.5, 0.6) is 0 Å². The summed E-state index contributed by atoms with van der Waals surface area (Å²) in [5.74, 6) is -0.489. The van der Waals surface area contributed by atoms with Gasteiger partial charge in [-0.15, -0.1) is 0 Å². The molecule has 1 aliphatic rings. The Morgan fingerprint density at radius 1 is 1.15 bits per heavy atom.